The summed E-state index contributed by atoms with van der Waals surface area (Å²) in [7, 11) is 0. The van der Waals surface area contributed by atoms with Crippen molar-refractivity contribution < 1.29 is 28.9 Å². The van der Waals surface area contributed by atoms with Gasteiger partial charge in [-0.3, -0.25) is 4.79 Å². The van der Waals surface area contributed by atoms with Crippen LogP contribution in [0.2, 0.25) is 0 Å². The molecular formula is C26H29F2NO4. The van der Waals surface area contributed by atoms with E-state index < -0.39 is 28.4 Å². The number of aliphatic hydroxyl groups is 1. The number of carbonyl (C=O) groups is 1. The van der Waals surface area contributed by atoms with E-state index in [-0.39, 0.29) is 18.3 Å². The van der Waals surface area contributed by atoms with Gasteiger partial charge in [-0.1, -0.05) is 19.9 Å². The molecule has 2 aromatic carbocycles. The molecule has 0 atom stereocenters. The SMILES string of the molecule is CC1(C(=O)O)CCC(c2c(C(C)(C)CO)n(-c3ccc(F)c(F)c3)c3cccc(O)c23)CC1. The topological polar surface area (TPSA) is 82.7 Å². The standard InChI is InChI=1S/C26H29F2NO4/c1-25(2,14-30)23-21(15-9-11-26(3,12-10-15)24(32)33)22-19(5-4-6-20(22)31)29(23)16-7-8-17(27)18(28)13-16/h4-8,13,15,30-31H,9-12,14H2,1-3H3,(H,32,33). The lowest BCUT2D eigenvalue weighted by Gasteiger charge is -2.36. The van der Waals surface area contributed by atoms with Crippen LogP contribution in [0.15, 0.2) is 36.4 Å². The molecule has 1 fully saturated rings. The number of aromatic nitrogens is 1. The molecule has 3 N–H and O–H groups in total. The van der Waals surface area contributed by atoms with Crippen molar-refractivity contribution in [1.82, 2.24) is 4.57 Å². The maximum Gasteiger partial charge on any atom is 0.309 e. The fourth-order valence-corrected chi connectivity index (χ4v) is 5.14. The van der Waals surface area contributed by atoms with Crippen LogP contribution in [0.4, 0.5) is 8.78 Å². The molecular weight excluding hydrogens is 428 g/mol. The van der Waals surface area contributed by atoms with Crippen molar-refractivity contribution in [2.75, 3.05) is 6.61 Å². The summed E-state index contributed by atoms with van der Waals surface area (Å²) >= 11 is 0. The van der Waals surface area contributed by atoms with E-state index in [1.807, 2.05) is 13.8 Å². The number of nitrogens with zero attached hydrogens (tertiary/aromatic N) is 1. The Bertz CT molecular complexity index is 1220. The van der Waals surface area contributed by atoms with Crippen molar-refractivity contribution in [3.05, 3.63) is 59.3 Å². The second-order valence-electron chi connectivity index (χ2n) is 10.0. The Kier molecular flexibility index (Phi) is 5.73. The van der Waals surface area contributed by atoms with Crippen LogP contribution in [-0.2, 0) is 10.2 Å². The van der Waals surface area contributed by atoms with E-state index in [9.17, 15) is 28.9 Å². The summed E-state index contributed by atoms with van der Waals surface area (Å²) in [6, 6.07) is 8.73. The van der Waals surface area contributed by atoms with Gasteiger partial charge < -0.3 is 19.9 Å². The number of carboxylic acids is 1. The maximum absolute atomic E-state index is 14.2. The third-order valence-electron chi connectivity index (χ3n) is 7.22. The molecule has 0 bridgehead atoms. The van der Waals surface area contributed by atoms with Crippen molar-refractivity contribution in [3.63, 3.8) is 0 Å². The predicted octanol–water partition coefficient (Wildman–Crippen LogP) is 5.63. The first-order valence-electron chi connectivity index (χ1n) is 11.2. The van der Waals surface area contributed by atoms with Crippen LogP contribution in [0.5, 0.6) is 5.75 Å². The first kappa shape index (κ1) is 23.2. The molecule has 0 spiro atoms. The molecule has 3 aromatic rings. The number of fused-ring (bicyclic) bond motifs is 1. The number of hydrogen-bond acceptors (Lipinski definition) is 3. The minimum atomic E-state index is -0.987. The number of aliphatic hydroxyl groups excluding tert-OH is 1. The van der Waals surface area contributed by atoms with Crippen LogP contribution in [0.1, 0.15) is 63.6 Å². The molecule has 1 aromatic heterocycles. The lowest BCUT2D eigenvalue weighted by molar-refractivity contribution is -0.149. The summed E-state index contributed by atoms with van der Waals surface area (Å²) in [4.78, 5) is 11.8. The number of aromatic hydroxyl groups is 1. The zero-order valence-electron chi connectivity index (χ0n) is 19.0. The van der Waals surface area contributed by atoms with E-state index in [4.69, 9.17) is 0 Å². The summed E-state index contributed by atoms with van der Waals surface area (Å²) in [6.45, 7) is 5.27. The molecule has 1 heterocycles. The molecule has 0 aliphatic heterocycles. The van der Waals surface area contributed by atoms with Gasteiger partial charge in [0.25, 0.3) is 0 Å². The monoisotopic (exact) mass is 457 g/mol. The second-order valence-corrected chi connectivity index (χ2v) is 10.0. The van der Waals surface area contributed by atoms with Gasteiger partial charge in [-0.05, 0) is 68.4 Å². The van der Waals surface area contributed by atoms with Crippen LogP contribution in [0.25, 0.3) is 16.6 Å². The van der Waals surface area contributed by atoms with E-state index in [1.54, 1.807) is 29.7 Å². The Balaban J connectivity index is 2.01. The minimum absolute atomic E-state index is 0.0550. The van der Waals surface area contributed by atoms with Gasteiger partial charge in [0, 0.05) is 28.2 Å². The van der Waals surface area contributed by atoms with Gasteiger partial charge >= 0.3 is 5.97 Å². The Labute approximate surface area is 191 Å². The van der Waals surface area contributed by atoms with Gasteiger partial charge in [-0.2, -0.15) is 0 Å². The number of phenolic OH excluding ortho intramolecular Hbond substituents is 1. The highest BCUT2D eigenvalue weighted by molar-refractivity contribution is 5.93. The Morgan fingerprint density at radius 3 is 2.39 bits per heavy atom. The maximum atomic E-state index is 14.2. The summed E-state index contributed by atoms with van der Waals surface area (Å²) in [5, 5.41) is 31.4. The molecule has 0 radical (unpaired) electrons. The van der Waals surface area contributed by atoms with Gasteiger partial charge in [-0.25, -0.2) is 8.78 Å². The number of hydrogen-bond donors (Lipinski definition) is 3. The normalized spacial score (nSPS) is 21.5. The highest BCUT2D eigenvalue weighted by Crippen LogP contribution is 2.50. The lowest BCUT2D eigenvalue weighted by Crippen LogP contribution is -2.33. The largest absolute Gasteiger partial charge is 0.507 e. The van der Waals surface area contributed by atoms with E-state index >= 15 is 0 Å². The van der Waals surface area contributed by atoms with E-state index in [1.165, 1.54) is 6.07 Å². The number of phenols is 1. The minimum Gasteiger partial charge on any atom is -0.507 e. The molecule has 1 aliphatic rings. The van der Waals surface area contributed by atoms with Crippen molar-refractivity contribution in [2.45, 2.75) is 57.8 Å². The van der Waals surface area contributed by atoms with Crippen LogP contribution >= 0.6 is 0 Å². The summed E-state index contributed by atoms with van der Waals surface area (Å²) in [5.74, 6) is -2.75. The average Bonchev–Trinajstić information content (AvgIpc) is 3.13. The molecule has 4 rings (SSSR count). The molecule has 5 nitrogen and oxygen atoms in total. The highest BCUT2D eigenvalue weighted by atomic mass is 19.2. The summed E-state index contributed by atoms with van der Waals surface area (Å²) in [5.41, 5.74) is 0.969. The van der Waals surface area contributed by atoms with Gasteiger partial charge in [0.2, 0.25) is 0 Å². The Morgan fingerprint density at radius 2 is 1.82 bits per heavy atom. The molecule has 0 amide bonds. The fourth-order valence-electron chi connectivity index (χ4n) is 5.14. The third-order valence-corrected chi connectivity index (χ3v) is 7.22. The first-order chi connectivity index (χ1) is 15.5. The number of rotatable bonds is 5. The summed E-state index contributed by atoms with van der Waals surface area (Å²) < 4.78 is 29.7. The third kappa shape index (κ3) is 3.78. The van der Waals surface area contributed by atoms with Crippen molar-refractivity contribution >= 4 is 16.9 Å². The molecule has 0 saturated heterocycles. The first-order valence-corrected chi connectivity index (χ1v) is 11.2. The number of benzene rings is 2. The second kappa shape index (κ2) is 8.13. The van der Waals surface area contributed by atoms with Crippen molar-refractivity contribution in [1.29, 1.82) is 0 Å². The fraction of sp³-hybridized carbons (Fsp3) is 0.423. The average molecular weight is 458 g/mol. The Morgan fingerprint density at radius 1 is 1.15 bits per heavy atom. The van der Waals surface area contributed by atoms with E-state index in [2.05, 4.69) is 0 Å². The molecule has 0 unspecified atom stereocenters. The number of carboxylic acid groups (broad SMARTS) is 1. The number of halogens is 2. The quantitative estimate of drug-likeness (QED) is 0.464. The zero-order chi connectivity index (χ0) is 24.1. The van der Waals surface area contributed by atoms with Gasteiger partial charge in [0.1, 0.15) is 5.75 Å². The molecule has 7 heteroatoms. The summed E-state index contributed by atoms with van der Waals surface area (Å²) in [6.07, 6.45) is 2.17. The molecule has 176 valence electrons. The van der Waals surface area contributed by atoms with Gasteiger partial charge in [0.05, 0.1) is 17.5 Å². The molecule has 33 heavy (non-hydrogen) atoms. The van der Waals surface area contributed by atoms with Crippen LogP contribution in [0, 0.1) is 17.0 Å². The van der Waals surface area contributed by atoms with Crippen LogP contribution in [0.3, 0.4) is 0 Å². The predicted molar refractivity (Wildman–Crippen MR) is 122 cm³/mol. The van der Waals surface area contributed by atoms with Gasteiger partial charge in [0.15, 0.2) is 11.6 Å². The molecule has 1 aliphatic carbocycles. The van der Waals surface area contributed by atoms with E-state index in [0.29, 0.717) is 48.0 Å². The highest BCUT2D eigenvalue weighted by Gasteiger charge is 2.41. The Hall–Kier alpha value is -2.93. The van der Waals surface area contributed by atoms with Gasteiger partial charge in [-0.15, -0.1) is 0 Å². The lowest BCUT2D eigenvalue weighted by atomic mass is 9.68. The number of aliphatic carboxylic acids is 1. The van der Waals surface area contributed by atoms with Crippen molar-refractivity contribution in [3.8, 4) is 11.4 Å². The van der Waals surface area contributed by atoms with E-state index in [0.717, 1.165) is 17.7 Å². The zero-order valence-corrected chi connectivity index (χ0v) is 19.0. The van der Waals surface area contributed by atoms with Crippen LogP contribution in [-0.4, -0.2) is 32.5 Å². The smallest absolute Gasteiger partial charge is 0.309 e. The molecule has 1 saturated carbocycles. The van der Waals surface area contributed by atoms with Crippen molar-refractivity contribution in [2.24, 2.45) is 5.41 Å². The van der Waals surface area contributed by atoms with Crippen LogP contribution < -0.4 is 0 Å².